The van der Waals surface area contributed by atoms with Crippen LogP contribution in [-0.4, -0.2) is 60.6 Å². The third-order valence-electron chi connectivity index (χ3n) is 5.41. The highest BCUT2D eigenvalue weighted by molar-refractivity contribution is 7.18. The summed E-state index contributed by atoms with van der Waals surface area (Å²) in [6.45, 7) is 5.41. The number of thiophene rings is 1. The number of guanidine groups is 1. The molecule has 29 heavy (non-hydrogen) atoms. The van der Waals surface area contributed by atoms with Crippen molar-refractivity contribution in [3.63, 3.8) is 0 Å². The third-order valence-corrected chi connectivity index (χ3v) is 6.71. The molecule has 4 rings (SSSR count). The van der Waals surface area contributed by atoms with Crippen molar-refractivity contribution in [1.29, 1.82) is 0 Å². The summed E-state index contributed by atoms with van der Waals surface area (Å²) in [5.41, 5.74) is 0.572. The zero-order valence-corrected chi connectivity index (χ0v) is 17.9. The lowest BCUT2D eigenvalue weighted by Crippen LogP contribution is -2.40. The van der Waals surface area contributed by atoms with E-state index in [4.69, 9.17) is 9.47 Å². The van der Waals surface area contributed by atoms with Crippen LogP contribution >= 0.6 is 11.3 Å². The fourth-order valence-corrected chi connectivity index (χ4v) is 5.04. The lowest BCUT2D eigenvalue weighted by Gasteiger charge is -2.20. The molecular weight excluding hydrogens is 394 g/mol. The number of fused-ring (bicyclic) bond motifs is 1. The normalized spacial score (nSPS) is 16.7. The van der Waals surface area contributed by atoms with E-state index in [1.165, 1.54) is 15.9 Å². The number of hydrogen-bond acceptors (Lipinski definition) is 8. The summed E-state index contributed by atoms with van der Waals surface area (Å²) in [5, 5.41) is 3.83. The molecule has 3 heterocycles. The van der Waals surface area contributed by atoms with Gasteiger partial charge in [0.2, 0.25) is 0 Å². The molecule has 1 N–H and O–H groups in total. The molecule has 158 valence electrons. The van der Waals surface area contributed by atoms with Crippen molar-refractivity contribution in [3.8, 4) is 0 Å². The minimum absolute atomic E-state index is 0.0338. The Kier molecular flexibility index (Phi) is 5.75. The van der Waals surface area contributed by atoms with Gasteiger partial charge < -0.3 is 19.7 Å². The van der Waals surface area contributed by atoms with Gasteiger partial charge in [0, 0.05) is 31.7 Å². The second kappa shape index (κ2) is 8.29. The van der Waals surface area contributed by atoms with E-state index in [2.05, 4.69) is 15.2 Å². The first-order valence-corrected chi connectivity index (χ1v) is 10.7. The first kappa shape index (κ1) is 20.1. The maximum atomic E-state index is 13.2. The molecule has 10 heteroatoms. The average molecular weight is 422 g/mol. The third kappa shape index (κ3) is 3.72. The molecule has 0 atom stereocenters. The standard InChI is InChI=1S/C19H27N5O4S/c1-12-14(10-22-7-6-20-18(22)21-11-28-3)29-17-15(12)16(25)24(13-4-5-13)19(26)23(17)8-9-27-2/h13H,4-11H2,1-3H3,(H,20,21). The van der Waals surface area contributed by atoms with Gasteiger partial charge in [-0.05, 0) is 25.3 Å². The summed E-state index contributed by atoms with van der Waals surface area (Å²) in [5.74, 6) is 0.802. The molecule has 1 saturated carbocycles. The molecule has 0 aromatic carbocycles. The molecule has 0 bridgehead atoms. The van der Waals surface area contributed by atoms with Crippen LogP contribution in [0.5, 0.6) is 0 Å². The van der Waals surface area contributed by atoms with Crippen molar-refractivity contribution in [1.82, 2.24) is 19.4 Å². The Balaban J connectivity index is 1.76. The minimum atomic E-state index is -0.222. The smallest absolute Gasteiger partial charge is 0.332 e. The maximum Gasteiger partial charge on any atom is 0.332 e. The quantitative estimate of drug-likeness (QED) is 0.637. The van der Waals surface area contributed by atoms with Crippen LogP contribution in [0.15, 0.2) is 14.6 Å². The van der Waals surface area contributed by atoms with Crippen LogP contribution in [0, 0.1) is 6.92 Å². The minimum Gasteiger partial charge on any atom is -0.383 e. The van der Waals surface area contributed by atoms with Crippen molar-refractivity contribution in [2.24, 2.45) is 4.99 Å². The predicted octanol–water partition coefficient (Wildman–Crippen LogP) is 0.880. The van der Waals surface area contributed by atoms with Crippen LogP contribution < -0.4 is 16.6 Å². The summed E-state index contributed by atoms with van der Waals surface area (Å²) in [7, 11) is 3.25. The van der Waals surface area contributed by atoms with Crippen LogP contribution in [0.2, 0.25) is 0 Å². The molecule has 1 aliphatic heterocycles. The van der Waals surface area contributed by atoms with Gasteiger partial charge in [0.15, 0.2) is 5.96 Å². The number of methoxy groups -OCH3 is 2. The molecule has 0 radical (unpaired) electrons. The Morgan fingerprint density at radius 3 is 2.72 bits per heavy atom. The number of nitrogens with zero attached hydrogens (tertiary/aromatic N) is 4. The molecule has 1 aliphatic carbocycles. The Bertz CT molecular complexity index is 1050. The lowest BCUT2D eigenvalue weighted by atomic mass is 10.2. The Labute approximate surface area is 172 Å². The molecule has 0 saturated heterocycles. The average Bonchev–Trinajstić information content (AvgIpc) is 3.35. The van der Waals surface area contributed by atoms with E-state index in [1.807, 2.05) is 6.92 Å². The molecule has 1 fully saturated rings. The number of rotatable bonds is 8. The molecule has 2 aromatic rings. The highest BCUT2D eigenvalue weighted by Crippen LogP contribution is 2.34. The Morgan fingerprint density at radius 2 is 2.03 bits per heavy atom. The van der Waals surface area contributed by atoms with Crippen LogP contribution in [-0.2, 0) is 22.6 Å². The molecular formula is C19H27N5O4S. The zero-order chi connectivity index (χ0) is 20.5. The van der Waals surface area contributed by atoms with Gasteiger partial charge in [-0.15, -0.1) is 11.3 Å². The number of aromatic nitrogens is 2. The fraction of sp³-hybridized carbons (Fsp3) is 0.632. The van der Waals surface area contributed by atoms with Gasteiger partial charge in [-0.25, -0.2) is 4.79 Å². The molecule has 0 spiro atoms. The zero-order valence-electron chi connectivity index (χ0n) is 17.1. The fourth-order valence-electron chi connectivity index (χ4n) is 3.71. The predicted molar refractivity (Wildman–Crippen MR) is 113 cm³/mol. The molecule has 2 aromatic heterocycles. The van der Waals surface area contributed by atoms with Crippen LogP contribution in [0.3, 0.4) is 0 Å². The second-order valence-corrected chi connectivity index (χ2v) is 8.48. The van der Waals surface area contributed by atoms with E-state index in [-0.39, 0.29) is 17.3 Å². The first-order valence-electron chi connectivity index (χ1n) is 9.85. The SMILES string of the molecule is COCCn1c(=O)n(C2CC2)c(=O)c2c(C)c(CN3CCN=C3NCOC)sc21. The summed E-state index contributed by atoms with van der Waals surface area (Å²) < 4.78 is 13.5. The van der Waals surface area contributed by atoms with E-state index in [0.717, 1.165) is 47.2 Å². The number of aryl methyl sites for hydroxylation is 1. The van der Waals surface area contributed by atoms with E-state index < -0.39 is 0 Å². The van der Waals surface area contributed by atoms with E-state index in [9.17, 15) is 9.59 Å². The highest BCUT2D eigenvalue weighted by Gasteiger charge is 2.30. The summed E-state index contributed by atoms with van der Waals surface area (Å²) in [6, 6.07) is 0.0338. The van der Waals surface area contributed by atoms with Crippen molar-refractivity contribution >= 4 is 27.5 Å². The summed E-state index contributed by atoms with van der Waals surface area (Å²) in [6.07, 6.45) is 1.78. The van der Waals surface area contributed by atoms with Gasteiger partial charge in [0.1, 0.15) is 11.6 Å². The number of hydrogen-bond donors (Lipinski definition) is 1. The molecule has 9 nitrogen and oxygen atoms in total. The van der Waals surface area contributed by atoms with Gasteiger partial charge in [0.25, 0.3) is 5.56 Å². The Morgan fingerprint density at radius 1 is 1.24 bits per heavy atom. The largest absolute Gasteiger partial charge is 0.383 e. The lowest BCUT2D eigenvalue weighted by molar-refractivity contribution is 0.186. The number of nitrogens with one attached hydrogen (secondary N) is 1. The summed E-state index contributed by atoms with van der Waals surface area (Å²) >= 11 is 1.52. The van der Waals surface area contributed by atoms with Crippen molar-refractivity contribution < 1.29 is 9.47 Å². The van der Waals surface area contributed by atoms with Gasteiger partial charge in [0.05, 0.1) is 31.6 Å². The second-order valence-electron chi connectivity index (χ2n) is 7.40. The van der Waals surface area contributed by atoms with E-state index in [1.54, 1.807) is 18.8 Å². The highest BCUT2D eigenvalue weighted by atomic mass is 32.1. The van der Waals surface area contributed by atoms with Gasteiger partial charge in [-0.1, -0.05) is 0 Å². The van der Waals surface area contributed by atoms with Crippen molar-refractivity contribution in [3.05, 3.63) is 31.3 Å². The van der Waals surface area contributed by atoms with E-state index in [0.29, 0.717) is 31.8 Å². The first-order chi connectivity index (χ1) is 14.1. The van der Waals surface area contributed by atoms with Crippen molar-refractivity contribution in [2.45, 2.75) is 38.9 Å². The van der Waals surface area contributed by atoms with Crippen LogP contribution in [0.4, 0.5) is 0 Å². The molecule has 0 unspecified atom stereocenters. The van der Waals surface area contributed by atoms with Gasteiger partial charge >= 0.3 is 5.69 Å². The van der Waals surface area contributed by atoms with Gasteiger partial charge in [-0.2, -0.15) is 0 Å². The summed E-state index contributed by atoms with van der Waals surface area (Å²) in [4.78, 5) is 34.7. The molecule has 0 amide bonds. The molecule has 2 aliphatic rings. The van der Waals surface area contributed by atoms with Crippen LogP contribution in [0.25, 0.3) is 10.2 Å². The maximum absolute atomic E-state index is 13.2. The van der Waals surface area contributed by atoms with Crippen LogP contribution in [0.1, 0.15) is 29.3 Å². The van der Waals surface area contributed by atoms with E-state index >= 15 is 0 Å². The topological polar surface area (TPSA) is 90.1 Å². The number of aliphatic imine (C=N–C) groups is 1. The van der Waals surface area contributed by atoms with Crippen molar-refractivity contribution in [2.75, 3.05) is 40.6 Å². The monoisotopic (exact) mass is 421 g/mol. The number of ether oxygens (including phenoxy) is 2. The Hall–Kier alpha value is -2.17. The van der Waals surface area contributed by atoms with Gasteiger partial charge in [-0.3, -0.25) is 18.9 Å².